The highest BCUT2D eigenvalue weighted by Gasteiger charge is 2.22. The first-order chi connectivity index (χ1) is 10.3. The number of carbonyl (C=O) groups is 1. The van der Waals surface area contributed by atoms with E-state index >= 15 is 0 Å². The number of sulfonamides is 1. The van der Waals surface area contributed by atoms with Crippen molar-refractivity contribution >= 4 is 50.5 Å². The average molecular weight is 357 g/mol. The molecule has 1 aliphatic heterocycles. The lowest BCUT2D eigenvalue weighted by Crippen LogP contribution is -2.13. The molecule has 0 aromatic heterocycles. The molecule has 2 aromatic carbocycles. The van der Waals surface area contributed by atoms with Gasteiger partial charge in [0.05, 0.1) is 22.0 Å². The van der Waals surface area contributed by atoms with Gasteiger partial charge in [-0.15, -0.1) is 0 Å². The van der Waals surface area contributed by atoms with Crippen LogP contribution in [0.25, 0.3) is 0 Å². The van der Waals surface area contributed by atoms with E-state index in [0.29, 0.717) is 16.3 Å². The van der Waals surface area contributed by atoms with Gasteiger partial charge in [0, 0.05) is 10.7 Å². The Morgan fingerprint density at radius 1 is 1.09 bits per heavy atom. The van der Waals surface area contributed by atoms with E-state index < -0.39 is 10.0 Å². The maximum Gasteiger partial charge on any atom is 0.261 e. The third-order valence-electron chi connectivity index (χ3n) is 3.19. The molecule has 0 spiro atoms. The molecular weight excluding hydrogens is 347 g/mol. The summed E-state index contributed by atoms with van der Waals surface area (Å²) in [6.07, 6.45) is 0.167. The van der Waals surface area contributed by atoms with E-state index in [4.69, 9.17) is 23.2 Å². The third-order valence-corrected chi connectivity index (χ3v) is 5.10. The molecule has 0 fully saturated rings. The van der Waals surface area contributed by atoms with Gasteiger partial charge in [0.25, 0.3) is 10.0 Å². The summed E-state index contributed by atoms with van der Waals surface area (Å²) in [7, 11) is -3.80. The zero-order chi connectivity index (χ0) is 15.9. The lowest BCUT2D eigenvalue weighted by molar-refractivity contribution is -0.115. The lowest BCUT2D eigenvalue weighted by Gasteiger charge is -2.10. The molecule has 8 heteroatoms. The summed E-state index contributed by atoms with van der Waals surface area (Å²) in [5.41, 5.74) is 1.52. The summed E-state index contributed by atoms with van der Waals surface area (Å²) in [6, 6.07) is 8.94. The highest BCUT2D eigenvalue weighted by atomic mass is 35.5. The van der Waals surface area contributed by atoms with E-state index in [-0.39, 0.29) is 27.9 Å². The Bertz CT molecular complexity index is 882. The quantitative estimate of drug-likeness (QED) is 0.885. The first-order valence-corrected chi connectivity index (χ1v) is 8.50. The van der Waals surface area contributed by atoms with Gasteiger partial charge < -0.3 is 5.32 Å². The van der Waals surface area contributed by atoms with Crippen molar-refractivity contribution in [2.75, 3.05) is 10.0 Å². The molecule has 0 atom stereocenters. The van der Waals surface area contributed by atoms with E-state index in [2.05, 4.69) is 10.0 Å². The van der Waals surface area contributed by atoms with Crippen LogP contribution in [0.2, 0.25) is 10.0 Å². The number of anilines is 2. The summed E-state index contributed by atoms with van der Waals surface area (Å²) in [5.74, 6) is -0.154. The Hall–Kier alpha value is -1.76. The fourth-order valence-corrected chi connectivity index (χ4v) is 3.79. The van der Waals surface area contributed by atoms with Crippen molar-refractivity contribution in [3.8, 4) is 0 Å². The minimum Gasteiger partial charge on any atom is -0.326 e. The van der Waals surface area contributed by atoms with Gasteiger partial charge in [0.15, 0.2) is 0 Å². The molecule has 0 saturated heterocycles. The van der Waals surface area contributed by atoms with Gasteiger partial charge in [-0.1, -0.05) is 23.2 Å². The topological polar surface area (TPSA) is 75.3 Å². The van der Waals surface area contributed by atoms with Gasteiger partial charge >= 0.3 is 0 Å². The molecule has 0 unspecified atom stereocenters. The Morgan fingerprint density at radius 2 is 1.86 bits per heavy atom. The van der Waals surface area contributed by atoms with Gasteiger partial charge in [-0.2, -0.15) is 0 Å². The maximum absolute atomic E-state index is 12.4. The molecule has 2 aromatic rings. The second-order valence-corrected chi connectivity index (χ2v) is 7.30. The van der Waals surface area contributed by atoms with Gasteiger partial charge in [-0.3, -0.25) is 9.52 Å². The Labute approximate surface area is 137 Å². The molecule has 114 valence electrons. The van der Waals surface area contributed by atoms with E-state index in [1.807, 2.05) is 0 Å². The summed E-state index contributed by atoms with van der Waals surface area (Å²) in [5, 5.41) is 3.27. The standard InChI is InChI=1S/C14H10Cl2N2O3S/c15-9-1-3-13(11(16)7-9)18-22(20,21)10-2-4-12-8(5-10)6-14(19)17-12/h1-5,7,18H,6H2,(H,17,19). The van der Waals surface area contributed by atoms with E-state index in [0.717, 1.165) is 0 Å². The Kier molecular flexibility index (Phi) is 3.76. The van der Waals surface area contributed by atoms with Gasteiger partial charge in [0.1, 0.15) is 0 Å². The van der Waals surface area contributed by atoms with Gasteiger partial charge in [0.2, 0.25) is 5.91 Å². The molecule has 0 bridgehead atoms. The molecule has 1 amide bonds. The van der Waals surface area contributed by atoms with Crippen LogP contribution in [-0.2, 0) is 21.2 Å². The minimum atomic E-state index is -3.80. The van der Waals surface area contributed by atoms with Crippen LogP contribution in [-0.4, -0.2) is 14.3 Å². The second kappa shape index (κ2) is 5.46. The van der Waals surface area contributed by atoms with Crippen LogP contribution in [0.15, 0.2) is 41.3 Å². The highest BCUT2D eigenvalue weighted by molar-refractivity contribution is 7.92. The number of amides is 1. The molecule has 1 heterocycles. The van der Waals surface area contributed by atoms with Crippen molar-refractivity contribution in [2.45, 2.75) is 11.3 Å². The van der Waals surface area contributed by atoms with Crippen molar-refractivity contribution in [2.24, 2.45) is 0 Å². The van der Waals surface area contributed by atoms with Crippen LogP contribution in [0.3, 0.4) is 0 Å². The van der Waals surface area contributed by atoms with Crippen molar-refractivity contribution in [1.29, 1.82) is 0 Å². The smallest absolute Gasteiger partial charge is 0.261 e. The molecule has 3 rings (SSSR count). The number of carbonyl (C=O) groups excluding carboxylic acids is 1. The lowest BCUT2D eigenvalue weighted by atomic mass is 10.2. The van der Waals surface area contributed by atoms with Crippen LogP contribution in [0.1, 0.15) is 5.56 Å². The summed E-state index contributed by atoms with van der Waals surface area (Å²) in [6.45, 7) is 0. The van der Waals surface area contributed by atoms with Crippen LogP contribution in [0.4, 0.5) is 11.4 Å². The molecule has 0 saturated carbocycles. The highest BCUT2D eigenvalue weighted by Crippen LogP contribution is 2.30. The van der Waals surface area contributed by atoms with Crippen LogP contribution in [0, 0.1) is 0 Å². The van der Waals surface area contributed by atoms with Gasteiger partial charge in [-0.25, -0.2) is 8.42 Å². The minimum absolute atomic E-state index is 0.0637. The van der Waals surface area contributed by atoms with E-state index in [9.17, 15) is 13.2 Å². The average Bonchev–Trinajstić information content (AvgIpc) is 2.81. The molecular formula is C14H10Cl2N2O3S. The van der Waals surface area contributed by atoms with Gasteiger partial charge in [-0.05, 0) is 42.0 Å². The van der Waals surface area contributed by atoms with Crippen LogP contribution < -0.4 is 10.0 Å². The zero-order valence-electron chi connectivity index (χ0n) is 11.1. The summed E-state index contributed by atoms with van der Waals surface area (Å²) >= 11 is 11.8. The number of benzene rings is 2. The van der Waals surface area contributed by atoms with E-state index in [1.165, 1.54) is 30.3 Å². The first-order valence-electron chi connectivity index (χ1n) is 6.26. The molecule has 22 heavy (non-hydrogen) atoms. The number of hydrogen-bond acceptors (Lipinski definition) is 3. The maximum atomic E-state index is 12.4. The Balaban J connectivity index is 1.94. The number of nitrogens with one attached hydrogen (secondary N) is 2. The second-order valence-electron chi connectivity index (χ2n) is 4.77. The largest absolute Gasteiger partial charge is 0.326 e. The molecule has 0 aliphatic carbocycles. The predicted octanol–water partition coefficient (Wildman–Crippen LogP) is 3.29. The fraction of sp³-hybridized carbons (Fsp3) is 0.0714. The third kappa shape index (κ3) is 2.90. The predicted molar refractivity (Wildman–Crippen MR) is 86.0 cm³/mol. The van der Waals surface area contributed by atoms with Crippen molar-refractivity contribution in [3.63, 3.8) is 0 Å². The number of halogens is 2. The number of rotatable bonds is 3. The fourth-order valence-electron chi connectivity index (χ4n) is 2.15. The molecule has 2 N–H and O–H groups in total. The Morgan fingerprint density at radius 3 is 2.59 bits per heavy atom. The van der Waals surface area contributed by atoms with Crippen LogP contribution in [0.5, 0.6) is 0 Å². The number of fused-ring (bicyclic) bond motifs is 1. The summed E-state index contributed by atoms with van der Waals surface area (Å²) in [4.78, 5) is 11.4. The summed E-state index contributed by atoms with van der Waals surface area (Å²) < 4.78 is 27.2. The first kappa shape index (κ1) is 15.1. The zero-order valence-corrected chi connectivity index (χ0v) is 13.4. The number of hydrogen-bond donors (Lipinski definition) is 2. The van der Waals surface area contributed by atoms with Crippen molar-refractivity contribution in [1.82, 2.24) is 0 Å². The normalized spacial score (nSPS) is 13.6. The van der Waals surface area contributed by atoms with E-state index in [1.54, 1.807) is 6.07 Å². The van der Waals surface area contributed by atoms with Crippen LogP contribution >= 0.6 is 23.2 Å². The van der Waals surface area contributed by atoms with Crippen molar-refractivity contribution < 1.29 is 13.2 Å². The molecule has 5 nitrogen and oxygen atoms in total. The van der Waals surface area contributed by atoms with Crippen molar-refractivity contribution in [3.05, 3.63) is 52.0 Å². The monoisotopic (exact) mass is 356 g/mol. The SMILES string of the molecule is O=C1Cc2cc(S(=O)(=O)Nc3ccc(Cl)cc3Cl)ccc2N1. The molecule has 0 radical (unpaired) electrons. The molecule has 1 aliphatic rings.